The van der Waals surface area contributed by atoms with Crippen LogP contribution in [0.2, 0.25) is 0 Å². The summed E-state index contributed by atoms with van der Waals surface area (Å²) in [5.74, 6) is 0.840. The summed E-state index contributed by atoms with van der Waals surface area (Å²) in [4.78, 5) is 11.4. The van der Waals surface area contributed by atoms with Gasteiger partial charge in [0.2, 0.25) is 5.91 Å². The van der Waals surface area contributed by atoms with Gasteiger partial charge < -0.3 is 10.4 Å². The molecule has 15 heavy (non-hydrogen) atoms. The number of hydrogen-bond acceptors (Lipinski definition) is 2. The average molecular weight is 213 g/mol. The Morgan fingerprint density at radius 2 is 2.13 bits per heavy atom. The van der Waals surface area contributed by atoms with E-state index in [2.05, 4.69) is 19.2 Å². The average Bonchev–Trinajstić information content (AvgIpc) is 2.08. The maximum atomic E-state index is 11.4. The number of amides is 1. The highest BCUT2D eigenvalue weighted by Gasteiger charge is 2.33. The summed E-state index contributed by atoms with van der Waals surface area (Å²) in [5.41, 5.74) is 0.229. The first-order chi connectivity index (χ1) is 7.06. The summed E-state index contributed by atoms with van der Waals surface area (Å²) in [6.07, 6.45) is 4.96. The Hall–Kier alpha value is -0.570. The second kappa shape index (κ2) is 5.50. The molecule has 1 saturated carbocycles. The quantitative estimate of drug-likeness (QED) is 0.705. The van der Waals surface area contributed by atoms with Crippen molar-refractivity contribution in [2.75, 3.05) is 13.2 Å². The van der Waals surface area contributed by atoms with E-state index in [0.29, 0.717) is 12.8 Å². The van der Waals surface area contributed by atoms with Gasteiger partial charge in [-0.2, -0.15) is 0 Å². The molecule has 0 aromatic heterocycles. The molecule has 3 nitrogen and oxygen atoms in total. The molecular weight excluding hydrogens is 190 g/mol. The zero-order valence-corrected chi connectivity index (χ0v) is 9.88. The first-order valence-electron chi connectivity index (χ1n) is 5.94. The number of carbonyl (C=O) groups excluding carboxylic acids is 1. The molecule has 0 unspecified atom stereocenters. The lowest BCUT2D eigenvalue weighted by Gasteiger charge is -2.40. The topological polar surface area (TPSA) is 49.3 Å². The van der Waals surface area contributed by atoms with E-state index in [9.17, 15) is 4.79 Å². The van der Waals surface area contributed by atoms with E-state index in [-0.39, 0.29) is 17.9 Å². The maximum absolute atomic E-state index is 11.4. The van der Waals surface area contributed by atoms with Crippen LogP contribution in [-0.4, -0.2) is 24.2 Å². The molecule has 0 bridgehead atoms. The predicted octanol–water partition coefficient (Wildman–Crippen LogP) is 1.70. The number of carbonyl (C=O) groups is 1. The monoisotopic (exact) mass is 213 g/mol. The van der Waals surface area contributed by atoms with Crippen LogP contribution in [0.4, 0.5) is 0 Å². The van der Waals surface area contributed by atoms with Crippen molar-refractivity contribution >= 4 is 5.91 Å². The molecule has 88 valence electrons. The molecule has 0 heterocycles. The van der Waals surface area contributed by atoms with Gasteiger partial charge in [0, 0.05) is 19.6 Å². The Kier molecular flexibility index (Phi) is 4.58. The molecule has 3 heteroatoms. The van der Waals surface area contributed by atoms with Crippen molar-refractivity contribution in [2.45, 2.75) is 46.0 Å². The second-order valence-electron chi connectivity index (χ2n) is 5.22. The minimum atomic E-state index is 0.0662. The van der Waals surface area contributed by atoms with Crippen molar-refractivity contribution in [3.8, 4) is 0 Å². The lowest BCUT2D eigenvalue weighted by atomic mass is 9.67. The van der Waals surface area contributed by atoms with Crippen LogP contribution in [0.5, 0.6) is 0 Å². The van der Waals surface area contributed by atoms with E-state index in [4.69, 9.17) is 5.11 Å². The fourth-order valence-corrected chi connectivity index (χ4v) is 1.99. The van der Waals surface area contributed by atoms with Crippen LogP contribution in [0, 0.1) is 11.3 Å². The fraction of sp³-hybridized carbons (Fsp3) is 0.917. The van der Waals surface area contributed by atoms with E-state index >= 15 is 0 Å². The molecular formula is C12H23NO2. The molecule has 1 aliphatic carbocycles. The van der Waals surface area contributed by atoms with Crippen LogP contribution in [0.1, 0.15) is 46.0 Å². The molecule has 1 amide bonds. The van der Waals surface area contributed by atoms with Crippen molar-refractivity contribution in [1.29, 1.82) is 0 Å². The van der Waals surface area contributed by atoms with E-state index in [1.807, 2.05) is 0 Å². The van der Waals surface area contributed by atoms with Crippen molar-refractivity contribution in [3.05, 3.63) is 0 Å². The third-order valence-electron chi connectivity index (χ3n) is 3.51. The summed E-state index contributed by atoms with van der Waals surface area (Å²) >= 11 is 0. The Balaban J connectivity index is 2.19. The van der Waals surface area contributed by atoms with Gasteiger partial charge in [-0.15, -0.1) is 0 Å². The van der Waals surface area contributed by atoms with E-state index in [0.717, 1.165) is 12.5 Å². The van der Waals surface area contributed by atoms with Gasteiger partial charge >= 0.3 is 0 Å². The third-order valence-corrected chi connectivity index (χ3v) is 3.51. The summed E-state index contributed by atoms with van der Waals surface area (Å²) < 4.78 is 0. The molecule has 0 spiro atoms. The minimum absolute atomic E-state index is 0.0662. The Morgan fingerprint density at radius 1 is 1.47 bits per heavy atom. The number of rotatable bonds is 6. The van der Waals surface area contributed by atoms with Gasteiger partial charge in [0.25, 0.3) is 0 Å². The fourth-order valence-electron chi connectivity index (χ4n) is 1.99. The van der Waals surface area contributed by atoms with Crippen molar-refractivity contribution in [2.24, 2.45) is 11.3 Å². The molecule has 0 aromatic rings. The zero-order valence-electron chi connectivity index (χ0n) is 9.88. The van der Waals surface area contributed by atoms with Crippen LogP contribution in [0.25, 0.3) is 0 Å². The van der Waals surface area contributed by atoms with E-state index < -0.39 is 0 Å². The lowest BCUT2D eigenvalue weighted by molar-refractivity contribution is -0.122. The second-order valence-corrected chi connectivity index (χ2v) is 5.22. The molecule has 0 aromatic carbocycles. The summed E-state index contributed by atoms with van der Waals surface area (Å²) in [6, 6.07) is 0. The molecule has 0 atom stereocenters. The van der Waals surface area contributed by atoms with Crippen molar-refractivity contribution in [3.63, 3.8) is 0 Å². The molecule has 1 fully saturated rings. The molecule has 0 radical (unpaired) electrons. The summed E-state index contributed by atoms with van der Waals surface area (Å²) in [7, 11) is 0. The summed E-state index contributed by atoms with van der Waals surface area (Å²) in [5, 5.41) is 11.6. The molecule has 1 aliphatic rings. The van der Waals surface area contributed by atoms with Crippen LogP contribution >= 0.6 is 0 Å². The molecule has 0 saturated heterocycles. The number of aliphatic hydroxyl groups is 1. The predicted molar refractivity (Wildman–Crippen MR) is 60.5 cm³/mol. The van der Waals surface area contributed by atoms with Crippen LogP contribution in [-0.2, 0) is 4.79 Å². The highest BCUT2D eigenvalue weighted by atomic mass is 16.3. The van der Waals surface area contributed by atoms with Gasteiger partial charge in [-0.05, 0) is 30.6 Å². The SMILES string of the molecule is CC(C)(CNC(=O)CCCO)C1CCC1. The van der Waals surface area contributed by atoms with Gasteiger partial charge in [0.15, 0.2) is 0 Å². The smallest absolute Gasteiger partial charge is 0.220 e. The highest BCUT2D eigenvalue weighted by molar-refractivity contribution is 5.75. The van der Waals surface area contributed by atoms with Crippen molar-refractivity contribution in [1.82, 2.24) is 5.32 Å². The Morgan fingerprint density at radius 3 is 2.60 bits per heavy atom. The van der Waals surface area contributed by atoms with Gasteiger partial charge in [0.1, 0.15) is 0 Å². The number of aliphatic hydroxyl groups excluding tert-OH is 1. The van der Waals surface area contributed by atoms with E-state index in [1.54, 1.807) is 0 Å². The van der Waals surface area contributed by atoms with Gasteiger partial charge in [-0.1, -0.05) is 20.3 Å². The third kappa shape index (κ3) is 3.82. The number of nitrogens with one attached hydrogen (secondary N) is 1. The van der Waals surface area contributed by atoms with Gasteiger partial charge in [-0.25, -0.2) is 0 Å². The molecule has 0 aliphatic heterocycles. The Bertz CT molecular complexity index is 210. The standard InChI is InChI=1S/C12H23NO2/c1-12(2,10-5-3-6-10)9-13-11(15)7-4-8-14/h10,14H,3-9H2,1-2H3,(H,13,15). The first kappa shape index (κ1) is 12.5. The van der Waals surface area contributed by atoms with Crippen LogP contribution in [0.3, 0.4) is 0 Å². The van der Waals surface area contributed by atoms with E-state index in [1.165, 1.54) is 19.3 Å². The number of hydrogen-bond donors (Lipinski definition) is 2. The highest BCUT2D eigenvalue weighted by Crippen LogP contribution is 2.41. The van der Waals surface area contributed by atoms with Crippen molar-refractivity contribution < 1.29 is 9.90 Å². The van der Waals surface area contributed by atoms with Crippen LogP contribution in [0.15, 0.2) is 0 Å². The van der Waals surface area contributed by atoms with Gasteiger partial charge in [-0.3, -0.25) is 4.79 Å². The molecule has 1 rings (SSSR count). The largest absolute Gasteiger partial charge is 0.396 e. The van der Waals surface area contributed by atoms with Crippen LogP contribution < -0.4 is 5.32 Å². The first-order valence-corrected chi connectivity index (χ1v) is 5.94. The maximum Gasteiger partial charge on any atom is 0.220 e. The van der Waals surface area contributed by atoms with Gasteiger partial charge in [0.05, 0.1) is 0 Å². The zero-order chi connectivity index (χ0) is 11.3. The molecule has 2 N–H and O–H groups in total. The normalized spacial score (nSPS) is 17.3. The lowest BCUT2D eigenvalue weighted by Crippen LogP contribution is -2.41. The Labute approximate surface area is 92.3 Å². The minimum Gasteiger partial charge on any atom is -0.396 e. The summed E-state index contributed by atoms with van der Waals surface area (Å²) in [6.45, 7) is 5.31.